The Labute approximate surface area is 125 Å². The molecule has 1 atom stereocenters. The van der Waals surface area contributed by atoms with Crippen molar-refractivity contribution in [3.8, 4) is 0 Å². The van der Waals surface area contributed by atoms with Crippen molar-refractivity contribution in [1.82, 2.24) is 10.6 Å². The fourth-order valence-corrected chi connectivity index (χ4v) is 2.97. The fraction of sp³-hybridized carbons (Fsp3) is 0.389. The fourth-order valence-electron chi connectivity index (χ4n) is 2.97. The molecule has 21 heavy (non-hydrogen) atoms. The Morgan fingerprint density at radius 1 is 1.19 bits per heavy atom. The average Bonchev–Trinajstić information content (AvgIpc) is 3.00. The summed E-state index contributed by atoms with van der Waals surface area (Å²) in [6, 6.07) is 14.5. The van der Waals surface area contributed by atoms with E-state index in [4.69, 9.17) is 0 Å². The summed E-state index contributed by atoms with van der Waals surface area (Å²) in [6.45, 7) is 3.01. The lowest BCUT2D eigenvalue weighted by Gasteiger charge is -2.09. The van der Waals surface area contributed by atoms with E-state index in [0.29, 0.717) is 6.42 Å². The summed E-state index contributed by atoms with van der Waals surface area (Å²) in [5, 5.41) is 8.81. The summed E-state index contributed by atoms with van der Waals surface area (Å²) in [5.74, 6) is 0.849. The van der Waals surface area contributed by atoms with Crippen LogP contribution >= 0.6 is 0 Å². The topological polar surface area (TPSA) is 41.1 Å². The molecule has 0 saturated carbocycles. The normalized spacial score (nSPS) is 18.0. The molecule has 2 aromatic carbocycles. The smallest absolute Gasteiger partial charge is 0.224 e. The molecule has 0 spiro atoms. The number of amides is 1. The molecule has 1 unspecified atom stereocenters. The number of fused-ring (bicyclic) bond motifs is 1. The van der Waals surface area contributed by atoms with Gasteiger partial charge in [0.2, 0.25) is 5.91 Å². The van der Waals surface area contributed by atoms with E-state index >= 15 is 0 Å². The Hall–Kier alpha value is -1.87. The molecule has 0 aromatic heterocycles. The number of hydrogen-bond donors (Lipinski definition) is 2. The van der Waals surface area contributed by atoms with Gasteiger partial charge < -0.3 is 10.6 Å². The van der Waals surface area contributed by atoms with Gasteiger partial charge in [-0.1, -0.05) is 42.5 Å². The van der Waals surface area contributed by atoms with Crippen molar-refractivity contribution in [2.75, 3.05) is 19.6 Å². The third-order valence-corrected chi connectivity index (χ3v) is 4.22. The van der Waals surface area contributed by atoms with Crippen molar-refractivity contribution >= 4 is 16.7 Å². The molecule has 1 fully saturated rings. The van der Waals surface area contributed by atoms with Crippen molar-refractivity contribution < 1.29 is 4.79 Å². The minimum absolute atomic E-state index is 0.122. The van der Waals surface area contributed by atoms with Gasteiger partial charge in [0.1, 0.15) is 0 Å². The third kappa shape index (κ3) is 3.82. The molecule has 3 rings (SSSR count). The number of rotatable bonds is 5. The Kier molecular flexibility index (Phi) is 4.51. The van der Waals surface area contributed by atoms with Crippen LogP contribution in [0, 0.1) is 5.92 Å². The molecule has 0 aliphatic carbocycles. The predicted molar refractivity (Wildman–Crippen MR) is 86.3 cm³/mol. The zero-order valence-corrected chi connectivity index (χ0v) is 12.3. The molecule has 1 amide bonds. The van der Waals surface area contributed by atoms with Crippen molar-refractivity contribution in [1.29, 1.82) is 0 Å². The lowest BCUT2D eigenvalue weighted by molar-refractivity contribution is -0.120. The van der Waals surface area contributed by atoms with E-state index in [2.05, 4.69) is 34.9 Å². The lowest BCUT2D eigenvalue weighted by Crippen LogP contribution is -2.27. The summed E-state index contributed by atoms with van der Waals surface area (Å²) in [7, 11) is 0. The second-order valence-corrected chi connectivity index (χ2v) is 5.86. The largest absolute Gasteiger partial charge is 0.356 e. The quantitative estimate of drug-likeness (QED) is 0.884. The van der Waals surface area contributed by atoms with Gasteiger partial charge in [0.25, 0.3) is 0 Å². The predicted octanol–water partition coefficient (Wildman–Crippen LogP) is 2.50. The Balaban J connectivity index is 1.50. The van der Waals surface area contributed by atoms with Crippen LogP contribution in [0.2, 0.25) is 0 Å². The summed E-state index contributed by atoms with van der Waals surface area (Å²) >= 11 is 0. The molecule has 1 saturated heterocycles. The monoisotopic (exact) mass is 282 g/mol. The highest BCUT2D eigenvalue weighted by atomic mass is 16.1. The number of benzene rings is 2. The van der Waals surface area contributed by atoms with Crippen LogP contribution in [0.4, 0.5) is 0 Å². The molecule has 3 heteroatoms. The third-order valence-electron chi connectivity index (χ3n) is 4.22. The van der Waals surface area contributed by atoms with Gasteiger partial charge in [-0.15, -0.1) is 0 Å². The highest BCUT2D eigenvalue weighted by Crippen LogP contribution is 2.16. The Bertz CT molecular complexity index is 617. The minimum Gasteiger partial charge on any atom is -0.356 e. The summed E-state index contributed by atoms with van der Waals surface area (Å²) in [4.78, 5) is 12.0. The SMILES string of the molecule is O=C(Cc1ccc2ccccc2c1)NCCC1CCNC1. The number of carbonyl (C=O) groups is 1. The molecule has 2 N–H and O–H groups in total. The second-order valence-electron chi connectivity index (χ2n) is 5.86. The Morgan fingerprint density at radius 3 is 2.86 bits per heavy atom. The van der Waals surface area contributed by atoms with Gasteiger partial charge in [-0.25, -0.2) is 0 Å². The first-order valence-electron chi connectivity index (χ1n) is 7.76. The first-order chi connectivity index (χ1) is 10.3. The molecule has 110 valence electrons. The van der Waals surface area contributed by atoms with Crippen LogP contribution in [0.15, 0.2) is 42.5 Å². The van der Waals surface area contributed by atoms with Gasteiger partial charge in [0, 0.05) is 6.54 Å². The molecular formula is C18H22N2O. The molecule has 0 radical (unpaired) electrons. The van der Waals surface area contributed by atoms with Crippen LogP contribution in [-0.2, 0) is 11.2 Å². The van der Waals surface area contributed by atoms with E-state index in [9.17, 15) is 4.79 Å². The molecule has 2 aromatic rings. The highest BCUT2D eigenvalue weighted by Gasteiger charge is 2.14. The average molecular weight is 282 g/mol. The zero-order valence-electron chi connectivity index (χ0n) is 12.3. The molecule has 0 bridgehead atoms. The van der Waals surface area contributed by atoms with Crippen LogP contribution in [-0.4, -0.2) is 25.5 Å². The maximum Gasteiger partial charge on any atom is 0.224 e. The van der Waals surface area contributed by atoms with Crippen molar-refractivity contribution in [2.45, 2.75) is 19.3 Å². The highest BCUT2D eigenvalue weighted by molar-refractivity contribution is 5.85. The first-order valence-corrected chi connectivity index (χ1v) is 7.76. The van der Waals surface area contributed by atoms with E-state index in [0.717, 1.165) is 37.5 Å². The maximum atomic E-state index is 12.0. The Morgan fingerprint density at radius 2 is 2.05 bits per heavy atom. The number of carbonyl (C=O) groups excluding carboxylic acids is 1. The number of nitrogens with one attached hydrogen (secondary N) is 2. The van der Waals surface area contributed by atoms with Gasteiger partial charge in [0.15, 0.2) is 0 Å². The van der Waals surface area contributed by atoms with Gasteiger partial charge in [-0.2, -0.15) is 0 Å². The van der Waals surface area contributed by atoms with Gasteiger partial charge in [-0.3, -0.25) is 4.79 Å². The molecule has 1 aliphatic rings. The second kappa shape index (κ2) is 6.72. The van der Waals surface area contributed by atoms with Crippen molar-refractivity contribution in [3.05, 3.63) is 48.0 Å². The van der Waals surface area contributed by atoms with E-state index in [1.165, 1.54) is 17.2 Å². The van der Waals surface area contributed by atoms with Crippen molar-refractivity contribution in [3.63, 3.8) is 0 Å². The van der Waals surface area contributed by atoms with Gasteiger partial charge in [0.05, 0.1) is 6.42 Å². The van der Waals surface area contributed by atoms with Gasteiger partial charge >= 0.3 is 0 Å². The maximum absolute atomic E-state index is 12.0. The van der Waals surface area contributed by atoms with Crippen LogP contribution in [0.1, 0.15) is 18.4 Å². The summed E-state index contributed by atoms with van der Waals surface area (Å²) < 4.78 is 0. The number of hydrogen-bond acceptors (Lipinski definition) is 2. The molecule has 1 heterocycles. The molecular weight excluding hydrogens is 260 g/mol. The van der Waals surface area contributed by atoms with Gasteiger partial charge in [-0.05, 0) is 48.2 Å². The minimum atomic E-state index is 0.122. The van der Waals surface area contributed by atoms with Crippen LogP contribution in [0.3, 0.4) is 0 Å². The summed E-state index contributed by atoms with van der Waals surface area (Å²) in [6.07, 6.45) is 2.78. The van der Waals surface area contributed by atoms with Crippen LogP contribution in [0.5, 0.6) is 0 Å². The van der Waals surface area contributed by atoms with Crippen LogP contribution < -0.4 is 10.6 Å². The molecule has 1 aliphatic heterocycles. The lowest BCUT2D eigenvalue weighted by atomic mass is 10.0. The zero-order chi connectivity index (χ0) is 14.5. The van der Waals surface area contributed by atoms with Crippen LogP contribution in [0.25, 0.3) is 10.8 Å². The van der Waals surface area contributed by atoms with Crippen molar-refractivity contribution in [2.24, 2.45) is 5.92 Å². The summed E-state index contributed by atoms with van der Waals surface area (Å²) in [5.41, 5.74) is 1.08. The van der Waals surface area contributed by atoms with E-state index in [1.54, 1.807) is 0 Å². The first kappa shape index (κ1) is 14.1. The van der Waals surface area contributed by atoms with E-state index in [-0.39, 0.29) is 5.91 Å². The van der Waals surface area contributed by atoms with E-state index in [1.807, 2.05) is 18.2 Å². The van der Waals surface area contributed by atoms with E-state index < -0.39 is 0 Å². The molecule has 3 nitrogen and oxygen atoms in total. The standard InChI is InChI=1S/C18H22N2O/c21-18(20-10-8-14-7-9-19-13-14)12-15-5-6-16-3-1-2-4-17(16)11-15/h1-6,11,14,19H,7-10,12-13H2,(H,20,21).